The molecule has 2 aromatic carbocycles. The molecule has 0 radical (unpaired) electrons. The smallest absolute Gasteiger partial charge is 0.261 e. The van der Waals surface area contributed by atoms with Crippen LogP contribution in [0.3, 0.4) is 0 Å². The summed E-state index contributed by atoms with van der Waals surface area (Å²) >= 11 is 0. The van der Waals surface area contributed by atoms with Gasteiger partial charge in [-0.05, 0) is 57.2 Å². The van der Waals surface area contributed by atoms with Crippen molar-refractivity contribution in [3.63, 3.8) is 0 Å². The number of hydrogen-bond donors (Lipinski definition) is 1. The number of aryl methyl sites for hydroxylation is 3. The minimum atomic E-state index is -0.525. The standard InChI is InChI=1S/C28H38N2O3/c1-5-25(28(32)29-24-12-7-6-8-13-24)30(18-23-11-9-10-20(2)17-23)27(31)19-33-26-15-14-21(3)16-22(26)4/h9-11,14-17,24-25H,5-8,12-13,18-19H2,1-4H3,(H,29,32)/t25-/m1/s1. The minimum absolute atomic E-state index is 0.0584. The molecule has 1 atom stereocenters. The molecular weight excluding hydrogens is 412 g/mol. The van der Waals surface area contributed by atoms with Crippen LogP contribution >= 0.6 is 0 Å². The quantitative estimate of drug-likeness (QED) is 0.568. The first-order valence-electron chi connectivity index (χ1n) is 12.2. The molecule has 1 fully saturated rings. The van der Waals surface area contributed by atoms with Gasteiger partial charge in [-0.25, -0.2) is 0 Å². The summed E-state index contributed by atoms with van der Waals surface area (Å²) in [5.74, 6) is 0.461. The summed E-state index contributed by atoms with van der Waals surface area (Å²) in [5.41, 5.74) is 4.29. The van der Waals surface area contributed by atoms with Crippen molar-refractivity contribution in [2.75, 3.05) is 6.61 Å². The molecule has 0 unspecified atom stereocenters. The van der Waals surface area contributed by atoms with Crippen molar-refractivity contribution in [3.05, 3.63) is 64.7 Å². The van der Waals surface area contributed by atoms with Crippen LogP contribution in [0.5, 0.6) is 5.75 Å². The Morgan fingerprint density at radius 3 is 2.42 bits per heavy atom. The highest BCUT2D eigenvalue weighted by atomic mass is 16.5. The van der Waals surface area contributed by atoms with E-state index in [0.717, 1.165) is 47.9 Å². The number of nitrogens with one attached hydrogen (secondary N) is 1. The van der Waals surface area contributed by atoms with Crippen LogP contribution in [-0.2, 0) is 16.1 Å². The molecule has 2 aromatic rings. The maximum absolute atomic E-state index is 13.4. The molecule has 2 amide bonds. The molecular formula is C28H38N2O3. The van der Waals surface area contributed by atoms with Gasteiger partial charge in [0, 0.05) is 12.6 Å². The van der Waals surface area contributed by atoms with Gasteiger partial charge in [0.05, 0.1) is 0 Å². The molecule has 0 aliphatic heterocycles. The SMILES string of the molecule is CC[C@H](C(=O)NC1CCCCC1)N(Cc1cccc(C)c1)C(=O)COc1ccc(C)cc1C. The minimum Gasteiger partial charge on any atom is -0.483 e. The zero-order chi connectivity index (χ0) is 23.8. The number of ether oxygens (including phenoxy) is 1. The molecule has 33 heavy (non-hydrogen) atoms. The molecule has 0 aromatic heterocycles. The second-order valence-electron chi connectivity index (χ2n) is 9.34. The first kappa shape index (κ1) is 24.8. The summed E-state index contributed by atoms with van der Waals surface area (Å²) in [6, 6.07) is 13.7. The molecule has 5 nitrogen and oxygen atoms in total. The Morgan fingerprint density at radius 2 is 1.76 bits per heavy atom. The van der Waals surface area contributed by atoms with Crippen LogP contribution in [0, 0.1) is 20.8 Å². The van der Waals surface area contributed by atoms with Gasteiger partial charge in [-0.15, -0.1) is 0 Å². The lowest BCUT2D eigenvalue weighted by Crippen LogP contribution is -2.52. The van der Waals surface area contributed by atoms with Gasteiger partial charge in [-0.2, -0.15) is 0 Å². The number of rotatable bonds is 9. The van der Waals surface area contributed by atoms with Gasteiger partial charge < -0.3 is 15.0 Å². The van der Waals surface area contributed by atoms with Crippen molar-refractivity contribution in [1.29, 1.82) is 0 Å². The van der Waals surface area contributed by atoms with Gasteiger partial charge in [0.15, 0.2) is 6.61 Å². The Morgan fingerprint density at radius 1 is 1.03 bits per heavy atom. The highest BCUT2D eigenvalue weighted by Gasteiger charge is 2.30. The van der Waals surface area contributed by atoms with Gasteiger partial charge >= 0.3 is 0 Å². The van der Waals surface area contributed by atoms with E-state index in [-0.39, 0.29) is 24.5 Å². The number of carbonyl (C=O) groups excluding carboxylic acids is 2. The molecule has 1 saturated carbocycles. The van der Waals surface area contributed by atoms with E-state index in [1.807, 2.05) is 64.1 Å². The first-order valence-corrected chi connectivity index (χ1v) is 12.2. The van der Waals surface area contributed by atoms with Crippen molar-refractivity contribution in [2.24, 2.45) is 0 Å². The number of nitrogens with zero attached hydrogens (tertiary/aromatic N) is 1. The normalized spacial score (nSPS) is 15.0. The lowest BCUT2D eigenvalue weighted by Gasteiger charge is -2.32. The van der Waals surface area contributed by atoms with Gasteiger partial charge in [-0.1, -0.05) is 73.7 Å². The predicted octanol–water partition coefficient (Wildman–Crippen LogP) is 5.25. The fourth-order valence-corrected chi connectivity index (χ4v) is 4.65. The molecule has 1 aliphatic carbocycles. The molecule has 0 saturated heterocycles. The Balaban J connectivity index is 1.77. The van der Waals surface area contributed by atoms with E-state index in [2.05, 4.69) is 11.4 Å². The Bertz CT molecular complexity index is 950. The van der Waals surface area contributed by atoms with Gasteiger partial charge in [0.2, 0.25) is 5.91 Å². The average Bonchev–Trinajstić information content (AvgIpc) is 2.79. The van der Waals surface area contributed by atoms with Crippen LogP contribution in [0.2, 0.25) is 0 Å². The highest BCUT2D eigenvalue weighted by molar-refractivity contribution is 5.88. The lowest BCUT2D eigenvalue weighted by molar-refractivity contribution is -0.143. The van der Waals surface area contributed by atoms with E-state index >= 15 is 0 Å². The molecule has 3 rings (SSSR count). The fraction of sp³-hybridized carbons (Fsp3) is 0.500. The van der Waals surface area contributed by atoms with Crippen molar-refractivity contribution in [1.82, 2.24) is 10.2 Å². The van der Waals surface area contributed by atoms with E-state index in [9.17, 15) is 9.59 Å². The monoisotopic (exact) mass is 450 g/mol. The fourth-order valence-electron chi connectivity index (χ4n) is 4.65. The van der Waals surface area contributed by atoms with Crippen molar-refractivity contribution in [3.8, 4) is 5.75 Å². The Kier molecular flexibility index (Phi) is 8.93. The van der Waals surface area contributed by atoms with Gasteiger partial charge in [0.25, 0.3) is 5.91 Å². The number of benzene rings is 2. The van der Waals surface area contributed by atoms with Gasteiger partial charge in [-0.3, -0.25) is 9.59 Å². The Hall–Kier alpha value is -2.82. The molecule has 1 N–H and O–H groups in total. The molecule has 1 aliphatic rings. The summed E-state index contributed by atoms with van der Waals surface area (Å²) < 4.78 is 5.90. The first-order chi connectivity index (χ1) is 15.9. The summed E-state index contributed by atoms with van der Waals surface area (Å²) in [5, 5.41) is 3.22. The topological polar surface area (TPSA) is 58.6 Å². The number of hydrogen-bond acceptors (Lipinski definition) is 3. The third-order valence-electron chi connectivity index (χ3n) is 6.45. The summed E-state index contributed by atoms with van der Waals surface area (Å²) in [7, 11) is 0. The second-order valence-corrected chi connectivity index (χ2v) is 9.34. The maximum Gasteiger partial charge on any atom is 0.261 e. The van der Waals surface area contributed by atoms with Crippen LogP contribution in [0.25, 0.3) is 0 Å². The highest BCUT2D eigenvalue weighted by Crippen LogP contribution is 2.21. The van der Waals surface area contributed by atoms with E-state index in [1.165, 1.54) is 6.42 Å². The predicted molar refractivity (Wildman–Crippen MR) is 132 cm³/mol. The van der Waals surface area contributed by atoms with Crippen LogP contribution in [0.15, 0.2) is 42.5 Å². The van der Waals surface area contributed by atoms with Crippen LogP contribution in [0.1, 0.15) is 67.7 Å². The van der Waals surface area contributed by atoms with E-state index in [4.69, 9.17) is 4.74 Å². The zero-order valence-electron chi connectivity index (χ0n) is 20.5. The average molecular weight is 451 g/mol. The second kappa shape index (κ2) is 11.9. The summed E-state index contributed by atoms with van der Waals surface area (Å²) in [6.45, 7) is 8.29. The largest absolute Gasteiger partial charge is 0.483 e. The molecule has 0 heterocycles. The van der Waals surface area contributed by atoms with E-state index < -0.39 is 6.04 Å². The van der Waals surface area contributed by atoms with Gasteiger partial charge in [0.1, 0.15) is 11.8 Å². The summed E-state index contributed by atoms with van der Waals surface area (Å²) in [6.07, 6.45) is 6.12. The van der Waals surface area contributed by atoms with Crippen LogP contribution < -0.4 is 10.1 Å². The zero-order valence-corrected chi connectivity index (χ0v) is 20.5. The number of carbonyl (C=O) groups is 2. The Labute approximate surface area is 198 Å². The number of amides is 2. The van der Waals surface area contributed by atoms with Crippen LogP contribution in [-0.4, -0.2) is 35.4 Å². The summed E-state index contributed by atoms with van der Waals surface area (Å²) in [4.78, 5) is 28.4. The molecule has 5 heteroatoms. The molecule has 0 bridgehead atoms. The lowest BCUT2D eigenvalue weighted by atomic mass is 9.95. The molecule has 0 spiro atoms. The van der Waals surface area contributed by atoms with Crippen molar-refractivity contribution in [2.45, 2.75) is 84.8 Å². The third-order valence-corrected chi connectivity index (χ3v) is 6.45. The van der Waals surface area contributed by atoms with Crippen molar-refractivity contribution >= 4 is 11.8 Å². The van der Waals surface area contributed by atoms with E-state index in [1.54, 1.807) is 4.90 Å². The molecule has 178 valence electrons. The third kappa shape index (κ3) is 7.08. The van der Waals surface area contributed by atoms with Crippen molar-refractivity contribution < 1.29 is 14.3 Å². The maximum atomic E-state index is 13.4. The van der Waals surface area contributed by atoms with Crippen LogP contribution in [0.4, 0.5) is 0 Å². The van der Waals surface area contributed by atoms with E-state index in [0.29, 0.717) is 18.7 Å².